The van der Waals surface area contributed by atoms with Gasteiger partial charge >= 0.3 is 0 Å². The summed E-state index contributed by atoms with van der Waals surface area (Å²) in [7, 11) is 0. The largest absolute Gasteiger partial charge is 0.366 e. The average molecular weight is 313 g/mol. The van der Waals surface area contributed by atoms with Crippen molar-refractivity contribution in [2.75, 3.05) is 24.6 Å². The van der Waals surface area contributed by atoms with Crippen molar-refractivity contribution in [3.05, 3.63) is 59.3 Å². The zero-order valence-electron chi connectivity index (χ0n) is 12.5. The summed E-state index contributed by atoms with van der Waals surface area (Å²) >= 11 is 1.89. The topological polar surface area (TPSA) is 37.4 Å². The zero-order valence-corrected chi connectivity index (χ0v) is 13.3. The molecule has 0 spiro atoms. The van der Waals surface area contributed by atoms with E-state index in [-0.39, 0.29) is 11.6 Å². The molecule has 0 saturated carbocycles. The van der Waals surface area contributed by atoms with Crippen LogP contribution in [0.1, 0.15) is 33.6 Å². The smallest absolute Gasteiger partial charge is 0.210 e. The molecule has 0 bridgehead atoms. The van der Waals surface area contributed by atoms with Gasteiger partial charge in [-0.1, -0.05) is 30.3 Å². The van der Waals surface area contributed by atoms with E-state index in [2.05, 4.69) is 11.5 Å². The molecule has 0 aromatic heterocycles. The summed E-state index contributed by atoms with van der Waals surface area (Å²) < 4.78 is 0. The summed E-state index contributed by atoms with van der Waals surface area (Å²) in [6.45, 7) is 5.40. The van der Waals surface area contributed by atoms with Gasteiger partial charge in [0, 0.05) is 41.3 Å². The molecule has 22 heavy (non-hydrogen) atoms. The van der Waals surface area contributed by atoms with Crippen LogP contribution in [0.25, 0.3) is 0 Å². The molecule has 0 amide bonds. The molecule has 1 aromatic carbocycles. The number of benzene rings is 1. The van der Waals surface area contributed by atoms with Crippen molar-refractivity contribution < 1.29 is 9.59 Å². The van der Waals surface area contributed by atoms with Crippen molar-refractivity contribution in [3.8, 4) is 0 Å². The fraction of sp³-hybridized carbons (Fsp3) is 0.333. The molecule has 1 saturated heterocycles. The van der Waals surface area contributed by atoms with Crippen LogP contribution in [0.2, 0.25) is 0 Å². The van der Waals surface area contributed by atoms with Crippen LogP contribution in [0.5, 0.6) is 0 Å². The van der Waals surface area contributed by atoms with Crippen molar-refractivity contribution in [1.29, 1.82) is 0 Å². The number of ketones is 2. The van der Waals surface area contributed by atoms with Crippen molar-refractivity contribution in [2.24, 2.45) is 0 Å². The number of rotatable bonds is 4. The van der Waals surface area contributed by atoms with Gasteiger partial charge in [0.1, 0.15) is 0 Å². The fourth-order valence-electron chi connectivity index (χ4n) is 3.01. The molecule has 1 heterocycles. The van der Waals surface area contributed by atoms with Crippen molar-refractivity contribution >= 4 is 23.3 Å². The van der Waals surface area contributed by atoms with Crippen molar-refractivity contribution in [2.45, 2.75) is 12.8 Å². The molecule has 114 valence electrons. The Bertz CT molecular complexity index is 657. The maximum absolute atomic E-state index is 13.0. The minimum Gasteiger partial charge on any atom is -0.366 e. The molecule has 2 aliphatic rings. The van der Waals surface area contributed by atoms with Crippen LogP contribution in [-0.2, 0) is 0 Å². The SMILES string of the molecule is C=CCCC1=C(N2CCSCC2)C(=O)c2ccccc2C1=O. The number of hydrogen-bond donors (Lipinski definition) is 0. The van der Waals surface area contributed by atoms with Crippen molar-refractivity contribution in [3.63, 3.8) is 0 Å². The molecule has 4 heteroatoms. The summed E-state index contributed by atoms with van der Waals surface area (Å²) in [5.41, 5.74) is 2.38. The molecule has 0 radical (unpaired) electrons. The number of thioether (sulfide) groups is 1. The lowest BCUT2D eigenvalue weighted by Gasteiger charge is -2.34. The molecule has 1 aromatic rings. The van der Waals surface area contributed by atoms with E-state index >= 15 is 0 Å². The highest BCUT2D eigenvalue weighted by molar-refractivity contribution is 7.99. The van der Waals surface area contributed by atoms with E-state index in [4.69, 9.17) is 0 Å². The summed E-state index contributed by atoms with van der Waals surface area (Å²) in [5.74, 6) is 2.01. The highest BCUT2D eigenvalue weighted by Crippen LogP contribution is 2.32. The maximum Gasteiger partial charge on any atom is 0.210 e. The Morgan fingerprint density at radius 3 is 2.36 bits per heavy atom. The highest BCUT2D eigenvalue weighted by atomic mass is 32.2. The van der Waals surface area contributed by atoms with E-state index in [1.54, 1.807) is 18.2 Å². The van der Waals surface area contributed by atoms with Gasteiger partial charge in [0.05, 0.1) is 5.70 Å². The van der Waals surface area contributed by atoms with Gasteiger partial charge in [0.25, 0.3) is 0 Å². The lowest BCUT2D eigenvalue weighted by atomic mass is 9.84. The standard InChI is InChI=1S/C18H19NO2S/c1-2-3-6-15-16(19-9-11-22-12-10-19)18(21)14-8-5-4-7-13(14)17(15)20/h2,4-5,7-8H,1,3,6,9-12H2. The van der Waals surface area contributed by atoms with Crippen LogP contribution < -0.4 is 0 Å². The minimum atomic E-state index is 0.00108. The number of fused-ring (bicyclic) bond motifs is 1. The van der Waals surface area contributed by atoms with E-state index < -0.39 is 0 Å². The van der Waals surface area contributed by atoms with Gasteiger partial charge in [0.2, 0.25) is 5.78 Å². The molecule has 0 N–H and O–H groups in total. The zero-order chi connectivity index (χ0) is 15.5. The Kier molecular flexibility index (Phi) is 4.48. The van der Waals surface area contributed by atoms with E-state index in [1.807, 2.05) is 23.9 Å². The molecule has 0 atom stereocenters. The second kappa shape index (κ2) is 6.53. The predicted octanol–water partition coefficient (Wildman–Crippen LogP) is 3.33. The number of allylic oxidation sites excluding steroid dienone is 3. The maximum atomic E-state index is 13.0. The number of carbonyl (C=O) groups excluding carboxylic acids is 2. The number of hydrogen-bond acceptors (Lipinski definition) is 4. The predicted molar refractivity (Wildman–Crippen MR) is 90.5 cm³/mol. The van der Waals surface area contributed by atoms with Crippen molar-refractivity contribution in [1.82, 2.24) is 4.90 Å². The Morgan fingerprint density at radius 2 is 1.73 bits per heavy atom. The Hall–Kier alpha value is -1.81. The van der Waals surface area contributed by atoms with Crippen LogP contribution in [0.15, 0.2) is 48.2 Å². The first-order valence-corrected chi connectivity index (χ1v) is 8.74. The fourth-order valence-corrected chi connectivity index (χ4v) is 3.92. The van der Waals surface area contributed by atoms with Crippen LogP contribution >= 0.6 is 11.8 Å². The lowest BCUT2D eigenvalue weighted by molar-refractivity contribution is 0.0940. The first-order valence-electron chi connectivity index (χ1n) is 7.59. The van der Waals surface area contributed by atoms with E-state index in [9.17, 15) is 9.59 Å². The average Bonchev–Trinajstić information content (AvgIpc) is 2.57. The highest BCUT2D eigenvalue weighted by Gasteiger charge is 2.34. The minimum absolute atomic E-state index is 0.00108. The normalized spacial score (nSPS) is 18.5. The molecular formula is C18H19NO2S. The Morgan fingerprint density at radius 1 is 1.09 bits per heavy atom. The van der Waals surface area contributed by atoms with Crippen LogP contribution in [0.3, 0.4) is 0 Å². The van der Waals surface area contributed by atoms with Crippen LogP contribution in [-0.4, -0.2) is 41.1 Å². The van der Waals surface area contributed by atoms with E-state index in [0.717, 1.165) is 24.6 Å². The third-order valence-corrected chi connectivity index (χ3v) is 5.06. The molecule has 1 fully saturated rings. The molecule has 0 unspecified atom stereocenters. The molecular weight excluding hydrogens is 294 g/mol. The molecule has 3 rings (SSSR count). The molecule has 1 aliphatic carbocycles. The van der Waals surface area contributed by atoms with Crippen LogP contribution in [0.4, 0.5) is 0 Å². The van der Waals surface area contributed by atoms with Crippen LogP contribution in [0, 0.1) is 0 Å². The summed E-state index contributed by atoms with van der Waals surface area (Å²) in [6, 6.07) is 7.16. The third-order valence-electron chi connectivity index (χ3n) is 4.12. The van der Waals surface area contributed by atoms with Gasteiger partial charge in [-0.3, -0.25) is 9.59 Å². The first kappa shape index (κ1) is 15.1. The van der Waals surface area contributed by atoms with Gasteiger partial charge in [-0.15, -0.1) is 6.58 Å². The second-order valence-corrected chi connectivity index (χ2v) is 6.68. The van der Waals surface area contributed by atoms with Gasteiger partial charge in [-0.05, 0) is 12.8 Å². The summed E-state index contributed by atoms with van der Waals surface area (Å²) in [6.07, 6.45) is 3.10. The third kappa shape index (κ3) is 2.63. The molecule has 3 nitrogen and oxygen atoms in total. The summed E-state index contributed by atoms with van der Waals surface area (Å²) in [5, 5.41) is 0. The first-order chi connectivity index (χ1) is 10.7. The number of nitrogens with zero attached hydrogens (tertiary/aromatic N) is 1. The summed E-state index contributed by atoms with van der Waals surface area (Å²) in [4.78, 5) is 27.9. The Labute approximate surface area is 135 Å². The molecule has 1 aliphatic heterocycles. The quantitative estimate of drug-likeness (QED) is 0.799. The van der Waals surface area contributed by atoms with Gasteiger partial charge in [-0.2, -0.15) is 11.8 Å². The lowest BCUT2D eigenvalue weighted by Crippen LogP contribution is -2.39. The number of Topliss-reactive ketones (excluding diaryl/α,β-unsaturated/α-hetero) is 2. The van der Waals surface area contributed by atoms with Gasteiger partial charge < -0.3 is 4.90 Å². The Balaban J connectivity index is 2.08. The van der Waals surface area contributed by atoms with E-state index in [0.29, 0.717) is 35.2 Å². The van der Waals surface area contributed by atoms with Gasteiger partial charge in [-0.25, -0.2) is 0 Å². The second-order valence-electron chi connectivity index (χ2n) is 5.46. The number of carbonyl (C=O) groups is 2. The monoisotopic (exact) mass is 313 g/mol. The van der Waals surface area contributed by atoms with E-state index in [1.165, 1.54) is 0 Å². The van der Waals surface area contributed by atoms with Gasteiger partial charge in [0.15, 0.2) is 5.78 Å².